The van der Waals surface area contributed by atoms with Gasteiger partial charge in [-0.1, -0.05) is 29.3 Å². The van der Waals surface area contributed by atoms with Crippen molar-refractivity contribution in [3.63, 3.8) is 0 Å². The maximum atomic E-state index is 10.4. The van der Waals surface area contributed by atoms with Gasteiger partial charge in [0.1, 0.15) is 5.02 Å². The molecule has 1 aromatic heterocycles. The van der Waals surface area contributed by atoms with Gasteiger partial charge in [0.2, 0.25) is 0 Å². The van der Waals surface area contributed by atoms with Crippen LogP contribution in [0.25, 0.3) is 0 Å². The summed E-state index contributed by atoms with van der Waals surface area (Å²) in [5, 5.41) is 0.672. The van der Waals surface area contributed by atoms with E-state index < -0.39 is 0 Å². The van der Waals surface area contributed by atoms with E-state index >= 15 is 0 Å². The van der Waals surface area contributed by atoms with Crippen molar-refractivity contribution in [3.05, 3.63) is 46.2 Å². The van der Waals surface area contributed by atoms with Gasteiger partial charge in [-0.15, -0.1) is 0 Å². The molecule has 0 saturated heterocycles. The van der Waals surface area contributed by atoms with Crippen LogP contribution in [0.5, 0.6) is 11.8 Å². The van der Waals surface area contributed by atoms with E-state index in [0.29, 0.717) is 22.6 Å². The molecule has 0 unspecified atom stereocenters. The molecule has 0 amide bonds. The van der Waals surface area contributed by atoms with Crippen LogP contribution in [0, 0.1) is 0 Å². The van der Waals surface area contributed by atoms with Crippen LogP contribution in [0.4, 0.5) is 0 Å². The van der Waals surface area contributed by atoms with Crippen LogP contribution in [0.2, 0.25) is 10.0 Å². The normalized spacial score (nSPS) is 10.0. The highest BCUT2D eigenvalue weighted by atomic mass is 35.5. The monoisotopic (exact) mass is 268 g/mol. The minimum absolute atomic E-state index is 0.0970. The smallest absolute Gasteiger partial charge is 0.321 e. The summed E-state index contributed by atoms with van der Waals surface area (Å²) in [6, 6.07) is 5.08. The number of hydrogen-bond acceptors (Lipinski definition) is 4. The fourth-order valence-corrected chi connectivity index (χ4v) is 1.43. The lowest BCUT2D eigenvalue weighted by atomic mass is 10.3. The van der Waals surface area contributed by atoms with Crippen LogP contribution in [0.1, 0.15) is 10.4 Å². The van der Waals surface area contributed by atoms with Gasteiger partial charge >= 0.3 is 6.01 Å². The third kappa shape index (κ3) is 2.72. The second-order valence-corrected chi connectivity index (χ2v) is 3.86. The molecule has 0 aliphatic rings. The van der Waals surface area contributed by atoms with E-state index in [1.165, 1.54) is 12.4 Å². The Morgan fingerprint density at radius 1 is 1.18 bits per heavy atom. The zero-order chi connectivity index (χ0) is 12.3. The van der Waals surface area contributed by atoms with Crippen LogP contribution in [-0.2, 0) is 0 Å². The number of hydrogen-bond donors (Lipinski definition) is 0. The Bertz CT molecular complexity index is 544. The fraction of sp³-hybridized carbons (Fsp3) is 0. The van der Waals surface area contributed by atoms with Crippen molar-refractivity contribution in [2.45, 2.75) is 0 Å². The maximum Gasteiger partial charge on any atom is 0.321 e. The largest absolute Gasteiger partial charge is 0.423 e. The van der Waals surface area contributed by atoms with Crippen molar-refractivity contribution >= 4 is 29.5 Å². The first kappa shape index (κ1) is 11.8. The van der Waals surface area contributed by atoms with Crippen molar-refractivity contribution in [2.24, 2.45) is 0 Å². The van der Waals surface area contributed by atoms with Gasteiger partial charge < -0.3 is 4.74 Å². The van der Waals surface area contributed by atoms with Gasteiger partial charge in [0.15, 0.2) is 12.0 Å². The van der Waals surface area contributed by atoms with Crippen molar-refractivity contribution in [1.29, 1.82) is 0 Å². The van der Waals surface area contributed by atoms with Crippen molar-refractivity contribution in [3.8, 4) is 11.8 Å². The highest BCUT2D eigenvalue weighted by Gasteiger charge is 2.07. The standard InChI is InChI=1S/C11H6Cl2N2O2/c12-8-2-1-3-9(10(8)13)17-11-14-4-7(6-16)5-15-11/h1-6H. The van der Waals surface area contributed by atoms with E-state index in [1.54, 1.807) is 18.2 Å². The molecular weight excluding hydrogens is 263 g/mol. The van der Waals surface area contributed by atoms with Crippen molar-refractivity contribution in [2.75, 3.05) is 0 Å². The number of carbonyl (C=O) groups is 1. The van der Waals surface area contributed by atoms with E-state index in [9.17, 15) is 4.79 Å². The molecule has 2 rings (SSSR count). The highest BCUT2D eigenvalue weighted by molar-refractivity contribution is 6.42. The highest BCUT2D eigenvalue weighted by Crippen LogP contribution is 2.33. The van der Waals surface area contributed by atoms with Gasteiger partial charge in [0, 0.05) is 12.4 Å². The molecule has 0 fully saturated rings. The summed E-state index contributed by atoms with van der Waals surface area (Å²) in [6.45, 7) is 0. The summed E-state index contributed by atoms with van der Waals surface area (Å²) in [4.78, 5) is 18.1. The average molecular weight is 269 g/mol. The van der Waals surface area contributed by atoms with Crippen LogP contribution >= 0.6 is 23.2 Å². The van der Waals surface area contributed by atoms with Gasteiger partial charge in [-0.05, 0) is 12.1 Å². The Hall–Kier alpha value is -1.65. The number of ether oxygens (including phenoxy) is 1. The SMILES string of the molecule is O=Cc1cnc(Oc2cccc(Cl)c2Cl)nc1. The molecule has 2 aromatic rings. The molecule has 4 nitrogen and oxygen atoms in total. The summed E-state index contributed by atoms with van der Waals surface area (Å²) < 4.78 is 5.33. The van der Waals surface area contributed by atoms with Gasteiger partial charge in [0.25, 0.3) is 0 Å². The molecule has 0 spiro atoms. The zero-order valence-corrected chi connectivity index (χ0v) is 9.94. The van der Waals surface area contributed by atoms with Crippen LogP contribution < -0.4 is 4.74 Å². The topological polar surface area (TPSA) is 52.1 Å². The van der Waals surface area contributed by atoms with Crippen molar-refractivity contribution in [1.82, 2.24) is 9.97 Å². The zero-order valence-electron chi connectivity index (χ0n) is 8.43. The third-order valence-corrected chi connectivity index (χ3v) is 2.70. The molecule has 17 heavy (non-hydrogen) atoms. The van der Waals surface area contributed by atoms with Gasteiger partial charge in [-0.3, -0.25) is 4.79 Å². The molecule has 0 aliphatic heterocycles. The summed E-state index contributed by atoms with van der Waals surface area (Å²) in [7, 11) is 0. The molecule has 1 aromatic carbocycles. The molecule has 0 atom stereocenters. The molecule has 1 heterocycles. The molecule has 0 saturated carbocycles. The fourth-order valence-electron chi connectivity index (χ4n) is 1.10. The Morgan fingerprint density at radius 2 is 1.88 bits per heavy atom. The molecule has 0 N–H and O–H groups in total. The minimum atomic E-state index is 0.0970. The molecule has 0 radical (unpaired) electrons. The predicted octanol–water partition coefficient (Wildman–Crippen LogP) is 3.39. The summed E-state index contributed by atoms with van der Waals surface area (Å²) >= 11 is 11.8. The summed E-state index contributed by atoms with van der Waals surface area (Å²) in [5.41, 5.74) is 0.370. The maximum absolute atomic E-state index is 10.4. The molecular formula is C11H6Cl2N2O2. The molecule has 0 aliphatic carbocycles. The number of carbonyl (C=O) groups excluding carboxylic acids is 1. The first-order valence-corrected chi connectivity index (χ1v) is 5.35. The van der Waals surface area contributed by atoms with Crippen LogP contribution in [-0.4, -0.2) is 16.3 Å². The number of aromatic nitrogens is 2. The van der Waals surface area contributed by atoms with E-state index in [-0.39, 0.29) is 11.0 Å². The third-order valence-electron chi connectivity index (χ3n) is 1.90. The number of halogens is 2. The van der Waals surface area contributed by atoms with E-state index in [2.05, 4.69) is 9.97 Å². The van der Waals surface area contributed by atoms with E-state index in [1.807, 2.05) is 0 Å². The van der Waals surface area contributed by atoms with E-state index in [4.69, 9.17) is 27.9 Å². The second kappa shape index (κ2) is 5.12. The first-order valence-electron chi connectivity index (χ1n) is 4.60. The lowest BCUT2D eigenvalue weighted by molar-refractivity contribution is 0.112. The predicted molar refractivity (Wildman–Crippen MR) is 64.0 cm³/mol. The average Bonchev–Trinajstić information content (AvgIpc) is 2.36. The Labute approximate surface area is 107 Å². The van der Waals surface area contributed by atoms with Crippen molar-refractivity contribution < 1.29 is 9.53 Å². The number of rotatable bonds is 3. The first-order chi connectivity index (χ1) is 8.20. The Balaban J connectivity index is 2.25. The van der Waals surface area contributed by atoms with Gasteiger partial charge in [-0.2, -0.15) is 0 Å². The number of aldehydes is 1. The lowest BCUT2D eigenvalue weighted by Crippen LogP contribution is -1.93. The molecule has 0 bridgehead atoms. The quantitative estimate of drug-likeness (QED) is 0.801. The van der Waals surface area contributed by atoms with Gasteiger partial charge in [-0.25, -0.2) is 9.97 Å². The lowest BCUT2D eigenvalue weighted by Gasteiger charge is -2.06. The molecule has 6 heteroatoms. The number of benzene rings is 1. The van der Waals surface area contributed by atoms with E-state index in [0.717, 1.165) is 0 Å². The Kier molecular flexibility index (Phi) is 3.56. The molecule has 86 valence electrons. The number of nitrogens with zero attached hydrogens (tertiary/aromatic N) is 2. The minimum Gasteiger partial charge on any atom is -0.423 e. The second-order valence-electron chi connectivity index (χ2n) is 3.07. The van der Waals surface area contributed by atoms with Crippen LogP contribution in [0.3, 0.4) is 0 Å². The van der Waals surface area contributed by atoms with Gasteiger partial charge in [0.05, 0.1) is 10.6 Å². The Morgan fingerprint density at radius 3 is 2.53 bits per heavy atom. The summed E-state index contributed by atoms with van der Waals surface area (Å²) in [6.07, 6.45) is 3.36. The summed E-state index contributed by atoms with van der Waals surface area (Å²) in [5.74, 6) is 0.359. The van der Waals surface area contributed by atoms with Crippen LogP contribution in [0.15, 0.2) is 30.6 Å².